The molecule has 0 bridgehead atoms. The quantitative estimate of drug-likeness (QED) is 0.866. The molecule has 86 valence electrons. The third-order valence-corrected chi connectivity index (χ3v) is 5.46. The number of thiophene rings is 1. The molecular weight excluding hydrogens is 230 g/mol. The maximum atomic E-state index is 11.7. The molecular formula is C10H17NO2S2. The Bertz CT molecular complexity index is 407. The standard InChI is InChI=1S/C10H17NO2S2/c1-4-15(12,13)10-9(5-6-14-10)7-11-8(2)3/h5-6,8,11H,4,7H2,1-3H3. The van der Waals surface area contributed by atoms with Crippen LogP contribution in [0.15, 0.2) is 15.7 Å². The minimum Gasteiger partial charge on any atom is -0.310 e. The minimum atomic E-state index is -3.05. The van der Waals surface area contributed by atoms with E-state index in [1.54, 1.807) is 6.92 Å². The lowest BCUT2D eigenvalue weighted by Crippen LogP contribution is -2.22. The number of rotatable bonds is 5. The zero-order valence-electron chi connectivity index (χ0n) is 9.28. The first-order valence-corrected chi connectivity index (χ1v) is 7.53. The van der Waals surface area contributed by atoms with Gasteiger partial charge in [0.1, 0.15) is 4.21 Å². The molecule has 1 aromatic rings. The van der Waals surface area contributed by atoms with E-state index in [9.17, 15) is 8.42 Å². The zero-order valence-corrected chi connectivity index (χ0v) is 10.9. The third-order valence-electron chi connectivity index (χ3n) is 2.07. The Morgan fingerprint density at radius 1 is 1.47 bits per heavy atom. The maximum Gasteiger partial charge on any atom is 0.187 e. The van der Waals surface area contributed by atoms with Gasteiger partial charge in [0.05, 0.1) is 5.75 Å². The predicted molar refractivity (Wildman–Crippen MR) is 64.0 cm³/mol. The second-order valence-corrected chi connectivity index (χ2v) is 7.06. The van der Waals surface area contributed by atoms with Crippen LogP contribution in [0.1, 0.15) is 26.3 Å². The summed E-state index contributed by atoms with van der Waals surface area (Å²) in [6.07, 6.45) is 0. The molecule has 1 rings (SSSR count). The number of nitrogens with one attached hydrogen (secondary N) is 1. The SMILES string of the molecule is CCS(=O)(=O)c1sccc1CNC(C)C. The van der Waals surface area contributed by atoms with E-state index in [0.29, 0.717) is 16.8 Å². The highest BCUT2D eigenvalue weighted by Gasteiger charge is 2.17. The average Bonchev–Trinajstić information content (AvgIpc) is 2.63. The van der Waals surface area contributed by atoms with Gasteiger partial charge in [-0.25, -0.2) is 8.42 Å². The normalized spacial score (nSPS) is 12.3. The minimum absolute atomic E-state index is 0.169. The number of hydrogen-bond donors (Lipinski definition) is 1. The Kier molecular flexibility index (Phi) is 4.31. The highest BCUT2D eigenvalue weighted by atomic mass is 32.2. The summed E-state index contributed by atoms with van der Waals surface area (Å²) in [4.78, 5) is 0. The fraction of sp³-hybridized carbons (Fsp3) is 0.600. The van der Waals surface area contributed by atoms with Crippen LogP contribution in [0.2, 0.25) is 0 Å². The molecule has 0 fully saturated rings. The van der Waals surface area contributed by atoms with Gasteiger partial charge in [0, 0.05) is 12.6 Å². The van der Waals surface area contributed by atoms with Crippen molar-refractivity contribution in [3.63, 3.8) is 0 Å². The maximum absolute atomic E-state index is 11.7. The molecule has 0 aliphatic heterocycles. The van der Waals surface area contributed by atoms with E-state index in [2.05, 4.69) is 5.32 Å². The third kappa shape index (κ3) is 3.29. The second-order valence-electron chi connectivity index (χ2n) is 3.67. The molecule has 5 heteroatoms. The van der Waals surface area contributed by atoms with Gasteiger partial charge in [-0.3, -0.25) is 0 Å². The Morgan fingerprint density at radius 2 is 2.13 bits per heavy atom. The summed E-state index contributed by atoms with van der Waals surface area (Å²) in [6.45, 7) is 6.38. The fourth-order valence-corrected chi connectivity index (χ4v) is 3.73. The Morgan fingerprint density at radius 3 is 2.67 bits per heavy atom. The van der Waals surface area contributed by atoms with Crippen molar-refractivity contribution in [1.29, 1.82) is 0 Å². The molecule has 0 atom stereocenters. The van der Waals surface area contributed by atoms with Crippen molar-refractivity contribution in [3.05, 3.63) is 17.0 Å². The summed E-state index contributed by atoms with van der Waals surface area (Å²) in [6, 6.07) is 2.24. The van der Waals surface area contributed by atoms with Crippen LogP contribution in [0.25, 0.3) is 0 Å². The summed E-state index contributed by atoms with van der Waals surface area (Å²) >= 11 is 1.30. The summed E-state index contributed by atoms with van der Waals surface area (Å²) in [5.41, 5.74) is 0.885. The van der Waals surface area contributed by atoms with Gasteiger partial charge in [-0.2, -0.15) is 0 Å². The van der Waals surface area contributed by atoms with E-state index in [1.165, 1.54) is 11.3 Å². The predicted octanol–water partition coefficient (Wildman–Crippen LogP) is 2.04. The molecule has 1 aromatic heterocycles. The molecule has 0 saturated heterocycles. The monoisotopic (exact) mass is 247 g/mol. The molecule has 0 unspecified atom stereocenters. The zero-order chi connectivity index (χ0) is 11.5. The smallest absolute Gasteiger partial charge is 0.187 e. The van der Waals surface area contributed by atoms with E-state index < -0.39 is 9.84 Å². The largest absolute Gasteiger partial charge is 0.310 e. The van der Waals surface area contributed by atoms with E-state index in [-0.39, 0.29) is 5.75 Å². The van der Waals surface area contributed by atoms with E-state index in [0.717, 1.165) is 5.56 Å². The van der Waals surface area contributed by atoms with Gasteiger partial charge in [0.2, 0.25) is 0 Å². The molecule has 0 radical (unpaired) electrons. The Labute approximate surface area is 95.4 Å². The Balaban J connectivity index is 2.88. The lowest BCUT2D eigenvalue weighted by Gasteiger charge is -2.08. The fourth-order valence-electron chi connectivity index (χ4n) is 1.17. The van der Waals surface area contributed by atoms with Gasteiger partial charge >= 0.3 is 0 Å². The Hall–Kier alpha value is -0.390. The van der Waals surface area contributed by atoms with E-state index in [4.69, 9.17) is 0 Å². The van der Waals surface area contributed by atoms with Gasteiger partial charge in [-0.15, -0.1) is 11.3 Å². The molecule has 0 aromatic carbocycles. The van der Waals surface area contributed by atoms with Crippen LogP contribution in [0, 0.1) is 0 Å². The van der Waals surface area contributed by atoms with Gasteiger partial charge in [0.15, 0.2) is 9.84 Å². The molecule has 3 nitrogen and oxygen atoms in total. The number of hydrogen-bond acceptors (Lipinski definition) is 4. The van der Waals surface area contributed by atoms with Crippen molar-refractivity contribution in [2.45, 2.75) is 37.6 Å². The van der Waals surface area contributed by atoms with Crippen LogP contribution in [-0.2, 0) is 16.4 Å². The second kappa shape index (κ2) is 5.09. The molecule has 1 heterocycles. The lowest BCUT2D eigenvalue weighted by molar-refractivity contribution is 0.578. The van der Waals surface area contributed by atoms with Gasteiger partial charge in [0.25, 0.3) is 0 Å². The summed E-state index contributed by atoms with van der Waals surface area (Å²) in [5, 5.41) is 5.06. The van der Waals surface area contributed by atoms with Crippen molar-refractivity contribution in [2.75, 3.05) is 5.75 Å². The van der Waals surface area contributed by atoms with Gasteiger partial charge < -0.3 is 5.32 Å². The van der Waals surface area contributed by atoms with Gasteiger partial charge in [-0.1, -0.05) is 20.8 Å². The molecule has 1 N–H and O–H groups in total. The molecule has 0 aliphatic rings. The molecule has 0 aliphatic carbocycles. The summed E-state index contributed by atoms with van der Waals surface area (Å²) < 4.78 is 23.9. The summed E-state index contributed by atoms with van der Waals surface area (Å²) in [5.74, 6) is 0.169. The van der Waals surface area contributed by atoms with Crippen LogP contribution in [0.5, 0.6) is 0 Å². The number of sulfone groups is 1. The van der Waals surface area contributed by atoms with Crippen molar-refractivity contribution in [2.24, 2.45) is 0 Å². The topological polar surface area (TPSA) is 46.2 Å². The molecule has 0 spiro atoms. The van der Waals surface area contributed by atoms with Crippen LogP contribution < -0.4 is 5.32 Å². The highest BCUT2D eigenvalue weighted by molar-refractivity contribution is 7.93. The van der Waals surface area contributed by atoms with Crippen molar-refractivity contribution in [1.82, 2.24) is 5.32 Å². The first kappa shape index (κ1) is 12.7. The van der Waals surface area contributed by atoms with Crippen LogP contribution >= 0.6 is 11.3 Å². The average molecular weight is 247 g/mol. The highest BCUT2D eigenvalue weighted by Crippen LogP contribution is 2.23. The van der Waals surface area contributed by atoms with Crippen LogP contribution in [0.3, 0.4) is 0 Å². The molecule has 0 saturated carbocycles. The van der Waals surface area contributed by atoms with Crippen LogP contribution in [0.4, 0.5) is 0 Å². The van der Waals surface area contributed by atoms with Crippen molar-refractivity contribution >= 4 is 21.2 Å². The first-order chi connectivity index (χ1) is 6.97. The van der Waals surface area contributed by atoms with E-state index >= 15 is 0 Å². The lowest BCUT2D eigenvalue weighted by atomic mass is 10.3. The summed E-state index contributed by atoms with van der Waals surface area (Å²) in [7, 11) is -3.05. The molecule has 0 amide bonds. The van der Waals surface area contributed by atoms with Crippen molar-refractivity contribution < 1.29 is 8.42 Å². The molecule has 15 heavy (non-hydrogen) atoms. The van der Waals surface area contributed by atoms with Crippen LogP contribution in [-0.4, -0.2) is 20.2 Å². The van der Waals surface area contributed by atoms with Gasteiger partial charge in [-0.05, 0) is 17.0 Å². The van der Waals surface area contributed by atoms with Crippen molar-refractivity contribution in [3.8, 4) is 0 Å². The first-order valence-electron chi connectivity index (χ1n) is 5.00. The van der Waals surface area contributed by atoms with E-state index in [1.807, 2.05) is 25.3 Å².